The first-order valence-electron chi connectivity index (χ1n) is 7.62. The molecule has 2 rings (SSSR count). The van der Waals surface area contributed by atoms with Crippen LogP contribution in [0.2, 0.25) is 0 Å². The van der Waals surface area contributed by atoms with Crippen molar-refractivity contribution in [2.24, 2.45) is 5.92 Å². The number of carbonyl (C=O) groups excluding carboxylic acids is 1. The molecule has 0 aromatic carbocycles. The van der Waals surface area contributed by atoms with Crippen LogP contribution in [0, 0.1) is 19.8 Å². The van der Waals surface area contributed by atoms with Crippen LogP contribution in [-0.2, 0) is 4.79 Å². The SMILES string of the molecule is CCC1CCNC(C(=O)NC(C)c2cc(C)sc2C)C1. The van der Waals surface area contributed by atoms with Gasteiger partial charge in [-0.1, -0.05) is 13.3 Å². The van der Waals surface area contributed by atoms with E-state index in [1.54, 1.807) is 11.3 Å². The van der Waals surface area contributed by atoms with Crippen LogP contribution >= 0.6 is 11.3 Å². The van der Waals surface area contributed by atoms with E-state index >= 15 is 0 Å². The third kappa shape index (κ3) is 3.61. The summed E-state index contributed by atoms with van der Waals surface area (Å²) in [6.07, 6.45) is 3.33. The molecule has 0 bridgehead atoms. The summed E-state index contributed by atoms with van der Waals surface area (Å²) in [6, 6.07) is 2.26. The molecule has 1 amide bonds. The minimum Gasteiger partial charge on any atom is -0.348 e. The molecule has 1 aliphatic heterocycles. The zero-order valence-corrected chi connectivity index (χ0v) is 13.8. The molecule has 1 saturated heterocycles. The highest BCUT2D eigenvalue weighted by Crippen LogP contribution is 2.26. The zero-order valence-electron chi connectivity index (χ0n) is 13.0. The fourth-order valence-electron chi connectivity index (χ4n) is 3.04. The van der Waals surface area contributed by atoms with Gasteiger partial charge in [-0.25, -0.2) is 0 Å². The molecule has 4 heteroatoms. The smallest absolute Gasteiger partial charge is 0.237 e. The lowest BCUT2D eigenvalue weighted by molar-refractivity contribution is -0.124. The third-order valence-corrected chi connectivity index (χ3v) is 5.29. The number of thiophene rings is 1. The van der Waals surface area contributed by atoms with E-state index in [1.807, 2.05) is 0 Å². The highest BCUT2D eigenvalue weighted by atomic mass is 32.1. The van der Waals surface area contributed by atoms with Crippen molar-refractivity contribution in [3.8, 4) is 0 Å². The van der Waals surface area contributed by atoms with Gasteiger partial charge in [0.2, 0.25) is 5.91 Å². The van der Waals surface area contributed by atoms with Crippen LogP contribution in [-0.4, -0.2) is 18.5 Å². The maximum absolute atomic E-state index is 12.4. The van der Waals surface area contributed by atoms with Gasteiger partial charge in [-0.05, 0) is 57.7 Å². The first-order valence-corrected chi connectivity index (χ1v) is 8.43. The topological polar surface area (TPSA) is 41.1 Å². The molecule has 0 spiro atoms. The zero-order chi connectivity index (χ0) is 14.7. The Morgan fingerprint density at radius 3 is 2.90 bits per heavy atom. The fraction of sp³-hybridized carbons (Fsp3) is 0.688. The van der Waals surface area contributed by atoms with E-state index in [4.69, 9.17) is 0 Å². The molecule has 1 aromatic heterocycles. The van der Waals surface area contributed by atoms with Gasteiger partial charge in [-0.2, -0.15) is 0 Å². The molecule has 1 aliphatic rings. The number of nitrogens with one attached hydrogen (secondary N) is 2. The van der Waals surface area contributed by atoms with Crippen molar-refractivity contribution in [1.29, 1.82) is 0 Å². The molecule has 1 aromatic rings. The summed E-state index contributed by atoms with van der Waals surface area (Å²) in [7, 11) is 0. The van der Waals surface area contributed by atoms with Crippen molar-refractivity contribution in [2.75, 3.05) is 6.54 Å². The number of amides is 1. The normalized spacial score (nSPS) is 24.4. The second-order valence-electron chi connectivity index (χ2n) is 5.90. The Bertz CT molecular complexity index is 469. The van der Waals surface area contributed by atoms with Crippen molar-refractivity contribution in [3.63, 3.8) is 0 Å². The summed E-state index contributed by atoms with van der Waals surface area (Å²) < 4.78 is 0. The molecule has 3 atom stereocenters. The number of hydrogen-bond donors (Lipinski definition) is 2. The minimum atomic E-state index is -0.0174. The number of rotatable bonds is 4. The Hall–Kier alpha value is -0.870. The number of carbonyl (C=O) groups is 1. The van der Waals surface area contributed by atoms with E-state index in [9.17, 15) is 4.79 Å². The maximum Gasteiger partial charge on any atom is 0.237 e. The second-order valence-corrected chi connectivity index (χ2v) is 7.36. The average molecular weight is 294 g/mol. The molecule has 2 N–H and O–H groups in total. The van der Waals surface area contributed by atoms with Crippen LogP contribution in [0.25, 0.3) is 0 Å². The van der Waals surface area contributed by atoms with Crippen molar-refractivity contribution < 1.29 is 4.79 Å². The minimum absolute atomic E-state index is 0.0174. The van der Waals surface area contributed by atoms with Crippen LogP contribution in [0.5, 0.6) is 0 Å². The van der Waals surface area contributed by atoms with Gasteiger partial charge < -0.3 is 10.6 Å². The molecule has 1 fully saturated rings. The summed E-state index contributed by atoms with van der Waals surface area (Å²) in [6.45, 7) is 9.49. The van der Waals surface area contributed by atoms with Crippen molar-refractivity contribution >= 4 is 17.2 Å². The Morgan fingerprint density at radius 2 is 2.30 bits per heavy atom. The van der Waals surface area contributed by atoms with Crippen molar-refractivity contribution in [3.05, 3.63) is 21.4 Å². The molecule has 0 radical (unpaired) electrons. The monoisotopic (exact) mass is 294 g/mol. The molecule has 112 valence electrons. The lowest BCUT2D eigenvalue weighted by atomic mass is 9.90. The Kier molecular flexibility index (Phi) is 5.22. The van der Waals surface area contributed by atoms with E-state index in [0.29, 0.717) is 5.92 Å². The Balaban J connectivity index is 1.95. The lowest BCUT2D eigenvalue weighted by Crippen LogP contribution is -2.49. The molecule has 0 aliphatic carbocycles. The predicted octanol–water partition coefficient (Wildman–Crippen LogP) is 3.32. The van der Waals surface area contributed by atoms with E-state index in [1.165, 1.54) is 28.2 Å². The summed E-state index contributed by atoms with van der Waals surface area (Å²) in [4.78, 5) is 15.0. The third-order valence-electron chi connectivity index (χ3n) is 4.31. The molecular formula is C16H26N2OS. The predicted molar refractivity (Wildman–Crippen MR) is 85.2 cm³/mol. The van der Waals surface area contributed by atoms with E-state index < -0.39 is 0 Å². The number of piperidine rings is 1. The van der Waals surface area contributed by atoms with Crippen LogP contribution in [0.15, 0.2) is 6.07 Å². The largest absolute Gasteiger partial charge is 0.348 e. The van der Waals surface area contributed by atoms with Crippen LogP contribution in [0.1, 0.15) is 54.5 Å². The summed E-state index contributed by atoms with van der Waals surface area (Å²) in [5, 5.41) is 6.52. The second kappa shape index (κ2) is 6.72. The van der Waals surface area contributed by atoms with Crippen LogP contribution < -0.4 is 10.6 Å². The van der Waals surface area contributed by atoms with Gasteiger partial charge in [-0.15, -0.1) is 11.3 Å². The molecular weight excluding hydrogens is 268 g/mol. The maximum atomic E-state index is 12.4. The fourth-order valence-corrected chi connectivity index (χ4v) is 4.06. The highest BCUT2D eigenvalue weighted by molar-refractivity contribution is 7.12. The molecule has 3 nitrogen and oxygen atoms in total. The molecule has 20 heavy (non-hydrogen) atoms. The van der Waals surface area contributed by atoms with E-state index in [0.717, 1.165) is 13.0 Å². The Morgan fingerprint density at radius 1 is 1.55 bits per heavy atom. The molecule has 2 heterocycles. The van der Waals surface area contributed by atoms with Crippen molar-refractivity contribution in [1.82, 2.24) is 10.6 Å². The Labute approximate surface area is 126 Å². The highest BCUT2D eigenvalue weighted by Gasteiger charge is 2.27. The summed E-state index contributed by atoms with van der Waals surface area (Å²) >= 11 is 1.80. The molecule has 3 unspecified atom stereocenters. The van der Waals surface area contributed by atoms with Crippen LogP contribution in [0.3, 0.4) is 0 Å². The number of aryl methyl sites for hydroxylation is 2. The van der Waals surface area contributed by atoms with Crippen molar-refractivity contribution in [2.45, 2.75) is 59.0 Å². The van der Waals surface area contributed by atoms with Gasteiger partial charge >= 0.3 is 0 Å². The van der Waals surface area contributed by atoms with E-state index in [2.05, 4.69) is 44.4 Å². The molecule has 0 saturated carbocycles. The van der Waals surface area contributed by atoms with Gasteiger partial charge in [0.15, 0.2) is 0 Å². The number of hydrogen-bond acceptors (Lipinski definition) is 3. The summed E-state index contributed by atoms with van der Waals surface area (Å²) in [5.41, 5.74) is 1.25. The average Bonchev–Trinajstić information content (AvgIpc) is 2.77. The first-order chi connectivity index (χ1) is 9.51. The summed E-state index contributed by atoms with van der Waals surface area (Å²) in [5.74, 6) is 0.839. The van der Waals surface area contributed by atoms with Gasteiger partial charge in [0.05, 0.1) is 12.1 Å². The standard InChI is InChI=1S/C16H26N2OS/c1-5-13-6-7-17-15(9-13)16(19)18-11(3)14-8-10(2)20-12(14)4/h8,11,13,15,17H,5-7,9H2,1-4H3,(H,18,19). The first kappa shape index (κ1) is 15.5. The van der Waals surface area contributed by atoms with Crippen LogP contribution in [0.4, 0.5) is 0 Å². The lowest BCUT2D eigenvalue weighted by Gasteiger charge is -2.29. The van der Waals surface area contributed by atoms with Gasteiger partial charge in [0.1, 0.15) is 0 Å². The van der Waals surface area contributed by atoms with Gasteiger partial charge in [-0.3, -0.25) is 4.79 Å². The van der Waals surface area contributed by atoms with E-state index in [-0.39, 0.29) is 18.0 Å². The van der Waals surface area contributed by atoms with Gasteiger partial charge in [0.25, 0.3) is 0 Å². The van der Waals surface area contributed by atoms with Gasteiger partial charge in [0, 0.05) is 9.75 Å². The quantitative estimate of drug-likeness (QED) is 0.894.